The summed E-state index contributed by atoms with van der Waals surface area (Å²) >= 11 is 0. The van der Waals surface area contributed by atoms with E-state index in [-0.39, 0.29) is 265 Å². The Morgan fingerprint density at radius 3 is 0.690 bits per heavy atom. The number of carbonyl (C=O) groups is 12. The van der Waals surface area contributed by atoms with Crippen LogP contribution < -0.4 is 0 Å². The van der Waals surface area contributed by atoms with Gasteiger partial charge in [0.25, 0.3) is 0 Å². The van der Waals surface area contributed by atoms with Crippen molar-refractivity contribution >= 4 is 71.6 Å². The normalized spacial score (nSPS) is 29.9. The van der Waals surface area contributed by atoms with Crippen LogP contribution >= 0.6 is 0 Å². The summed E-state index contributed by atoms with van der Waals surface area (Å²) in [6.07, 6.45) is 42.4. The topological polar surface area (TPSA) is 316 Å². The first-order chi connectivity index (χ1) is 62.7. The molecule has 0 N–H and O–H groups in total. The summed E-state index contributed by atoms with van der Waals surface area (Å²) in [4.78, 5) is 143. The highest BCUT2D eigenvalue weighted by molar-refractivity contribution is 5.81. The van der Waals surface area contributed by atoms with Crippen molar-refractivity contribution in [2.75, 3.05) is 39.6 Å². The van der Waals surface area contributed by atoms with Gasteiger partial charge < -0.3 is 56.8 Å². The lowest BCUT2D eigenvalue weighted by Gasteiger charge is -2.60. The third-order valence-electron chi connectivity index (χ3n) is 35.7. The van der Waals surface area contributed by atoms with Crippen molar-refractivity contribution in [2.45, 2.75) is 538 Å². The first kappa shape index (κ1) is 145. The molecule has 18 aliphatic rings. The maximum Gasteiger partial charge on any atom is 0.344 e. The van der Waals surface area contributed by atoms with Gasteiger partial charge in [0.2, 0.25) is 0 Å². The molecule has 0 heterocycles. The molecule has 24 nitrogen and oxygen atoms in total. The number of carbonyl (C=O) groups excluding carboxylic acids is 12. The number of hydrogen-bond acceptors (Lipinski definition) is 24. The predicted octanol–water partition coefficient (Wildman–Crippen LogP) is 30.2. The van der Waals surface area contributed by atoms with Gasteiger partial charge in [-0.1, -0.05) is 178 Å². The fourth-order valence-electron chi connectivity index (χ4n) is 25.8. The molecule has 0 spiro atoms. The molecule has 18 saturated carbocycles. The summed E-state index contributed by atoms with van der Waals surface area (Å²) in [5, 5.41) is 0. The molecule has 3 unspecified atom stereocenters. The SMILES string of the molecule is C.C.C.C.C.C.C.C.C.C.C.C.CCC(C)(C)C(=O)OCC(=O)OC1(C)CCCCC1.CCC(C)(C)C(=O)OCCC(=O)OC1(C)C2CC3CC(C2)CC1C3.CCC(C)(C)C(=O)OCCC(=O)OC1(CC)C2CC3CC(C2)CC1C3.CCC(C)C(=O)OCC(=O)OC1(C)CCCCC1.CCC(C)C(=O)OCCC(=O)OC1(C)C2CC3CC(C2)CC1C3.CCC(C)C(=O)OCCC(=O)OC1(CC)C2CC3CC(C2)CC1C3. The first-order valence-electron chi connectivity index (χ1n) is 53.0. The first-order valence-corrected chi connectivity index (χ1v) is 53.0. The fraction of sp³-hybridized carbons (Fsp3) is 0.901. The van der Waals surface area contributed by atoms with E-state index in [1.165, 1.54) is 141 Å². The van der Waals surface area contributed by atoms with E-state index < -0.39 is 28.2 Å². The molecule has 18 rings (SSSR count). The number of rotatable bonds is 36. The quantitative estimate of drug-likeness (QED) is 0.0415. The van der Waals surface area contributed by atoms with Crippen LogP contribution in [-0.2, 0) is 114 Å². The van der Waals surface area contributed by atoms with Crippen LogP contribution in [0.15, 0.2) is 0 Å². The number of esters is 12. The zero-order valence-electron chi connectivity index (χ0n) is 86.2. The minimum Gasteiger partial charge on any atom is -0.465 e. The lowest BCUT2D eigenvalue weighted by molar-refractivity contribution is -0.212. The van der Waals surface area contributed by atoms with Crippen LogP contribution in [0, 0.1) is 129 Å². The lowest BCUT2D eigenvalue weighted by atomic mass is 9.49. The largest absolute Gasteiger partial charge is 0.465 e. The van der Waals surface area contributed by atoms with Crippen molar-refractivity contribution in [3.63, 3.8) is 0 Å². The summed E-state index contributed by atoms with van der Waals surface area (Å²) in [6.45, 7) is 40.7. The van der Waals surface area contributed by atoms with Gasteiger partial charge in [0.05, 0.1) is 59.7 Å². The van der Waals surface area contributed by atoms with Gasteiger partial charge in [-0.3, -0.25) is 47.9 Å². The van der Waals surface area contributed by atoms with E-state index in [0.29, 0.717) is 60.2 Å². The molecule has 16 bridgehead atoms. The molecule has 24 heteroatoms. The molecule has 0 aliphatic heterocycles. The summed E-state index contributed by atoms with van der Waals surface area (Å²) in [5.41, 5.74) is -3.34. The van der Waals surface area contributed by atoms with Crippen LogP contribution in [0.2, 0.25) is 0 Å². The Morgan fingerprint density at radius 2 is 0.462 bits per heavy atom. The van der Waals surface area contributed by atoms with Crippen LogP contribution in [-0.4, -0.2) is 145 Å². The molecule has 18 fully saturated rings. The number of ether oxygens (including phenoxy) is 12. The standard InChI is InChI=1S/C21H34O4.2C20H32O4.C19H30O4.C15H26O4.C14H24O4.12CH4/c1-5-20(3,4)19(23)24-8-7-18(22)25-21(6-2)16-10-14-9-15(12-16)13-17(21)11-14;1-5-19(2,3)18(22)23-7-6-17(21)24-20(4)15-9-13-8-14(11-15)12-16(20)10-13;1-4-13(3)19(22)23-7-6-18(21)24-20(5-2)16-9-14-8-15(11-16)12-17(20)10-14;1-4-12(2)18(21)22-6-5-17(20)23-19(3)15-8-13-7-14(10-15)11-16(19)9-13;1-5-14(2,3)13(17)18-11-12(16)19-15(4)9-7-6-8-10-15;1-4-11(2)13(16)17-10-12(15)18-14(3)8-6-5-7-9-14;;;;;;;;;;;;/h14-17H,5-13H2,1-4H3;13-16H,5-12H2,1-4H3;13-17H,4-12H2,1-3H3;12-16H,4-11H2,1-3H3;5-11H2,1-4H3;11H,4-10H2,1-3H3;12*1H4. The molecule has 3 atom stereocenters. The van der Waals surface area contributed by atoms with E-state index in [9.17, 15) is 57.5 Å². The van der Waals surface area contributed by atoms with Gasteiger partial charge in [0.1, 0.15) is 60.0 Å². The maximum absolute atomic E-state index is 12.5. The number of hydrogen-bond donors (Lipinski definition) is 0. The minimum absolute atomic E-state index is 0. The van der Waals surface area contributed by atoms with E-state index in [1.807, 2.05) is 111 Å². The maximum atomic E-state index is 12.5. The van der Waals surface area contributed by atoms with Crippen molar-refractivity contribution in [3.05, 3.63) is 0 Å². The highest BCUT2D eigenvalue weighted by Gasteiger charge is 2.62. The summed E-state index contributed by atoms with van der Waals surface area (Å²) in [5.74, 6) is 7.53. The van der Waals surface area contributed by atoms with Crippen molar-refractivity contribution in [3.8, 4) is 0 Å². The monoisotopic (exact) mass is 2060 g/mol. The van der Waals surface area contributed by atoms with Crippen molar-refractivity contribution in [1.82, 2.24) is 0 Å². The zero-order chi connectivity index (χ0) is 97.8. The van der Waals surface area contributed by atoms with Gasteiger partial charge in [-0.15, -0.1) is 0 Å². The summed E-state index contributed by atoms with van der Waals surface area (Å²) < 4.78 is 65.9. The fourth-order valence-corrected chi connectivity index (χ4v) is 25.8. The van der Waals surface area contributed by atoms with E-state index in [2.05, 4.69) is 27.7 Å². The van der Waals surface area contributed by atoms with Crippen LogP contribution in [0.3, 0.4) is 0 Å². The van der Waals surface area contributed by atoms with Crippen LogP contribution in [0.25, 0.3) is 0 Å². The van der Waals surface area contributed by atoms with Gasteiger partial charge in [-0.2, -0.15) is 0 Å². The van der Waals surface area contributed by atoms with Crippen LogP contribution in [0.4, 0.5) is 0 Å². The highest BCUT2D eigenvalue weighted by atomic mass is 16.6. The Hall–Kier alpha value is -6.36. The molecule has 18 aliphatic carbocycles. The van der Waals surface area contributed by atoms with Crippen LogP contribution in [0.5, 0.6) is 0 Å². The Labute approximate surface area is 887 Å². The third kappa shape index (κ3) is 38.4. The molecule has 0 aromatic rings. The van der Waals surface area contributed by atoms with E-state index >= 15 is 0 Å². The third-order valence-corrected chi connectivity index (χ3v) is 35.7. The smallest absolute Gasteiger partial charge is 0.344 e. The second-order valence-corrected chi connectivity index (χ2v) is 46.5. The zero-order valence-corrected chi connectivity index (χ0v) is 86.2. The van der Waals surface area contributed by atoms with E-state index in [0.717, 1.165) is 137 Å². The average molecular weight is 2070 g/mol. The van der Waals surface area contributed by atoms with E-state index in [4.69, 9.17) is 56.8 Å². The highest BCUT2D eigenvalue weighted by Crippen LogP contribution is 2.64. The van der Waals surface area contributed by atoms with Crippen molar-refractivity contribution < 1.29 is 114 Å². The predicted molar refractivity (Wildman–Crippen MR) is 586 cm³/mol. The molecular weight excluding hydrogens is 1840 g/mol. The molecule has 145 heavy (non-hydrogen) atoms. The second-order valence-electron chi connectivity index (χ2n) is 46.5. The van der Waals surface area contributed by atoms with Crippen LogP contribution in [0.1, 0.15) is 504 Å². The van der Waals surface area contributed by atoms with Gasteiger partial charge in [0, 0.05) is 0 Å². The summed E-state index contributed by atoms with van der Waals surface area (Å²) in [7, 11) is 0. The van der Waals surface area contributed by atoms with Crippen molar-refractivity contribution in [2.24, 2.45) is 129 Å². The Bertz CT molecular complexity index is 3740. The molecule has 0 aromatic heterocycles. The molecular formula is C121H226O24. The molecule has 0 aromatic carbocycles. The lowest BCUT2D eigenvalue weighted by Crippen LogP contribution is -2.59. The molecule has 0 amide bonds. The van der Waals surface area contributed by atoms with Crippen molar-refractivity contribution in [1.29, 1.82) is 0 Å². The Balaban J connectivity index is -0.000000812. The van der Waals surface area contributed by atoms with Gasteiger partial charge in [-0.05, 0) is 395 Å². The Kier molecular flexibility index (Phi) is 63.8. The molecule has 854 valence electrons. The molecule has 0 radical (unpaired) electrons. The summed E-state index contributed by atoms with van der Waals surface area (Å²) in [6, 6.07) is 0. The second kappa shape index (κ2) is 63.8. The molecule has 0 saturated heterocycles. The Morgan fingerprint density at radius 1 is 0.255 bits per heavy atom. The minimum atomic E-state index is -0.547. The van der Waals surface area contributed by atoms with E-state index in [1.54, 1.807) is 6.92 Å². The van der Waals surface area contributed by atoms with Gasteiger partial charge in [0.15, 0.2) is 13.2 Å². The van der Waals surface area contributed by atoms with Gasteiger partial charge in [-0.25, -0.2) is 9.59 Å². The average Bonchev–Trinajstić information content (AvgIpc) is 0.723. The van der Waals surface area contributed by atoms with Gasteiger partial charge >= 0.3 is 71.6 Å².